The first-order chi connectivity index (χ1) is 7.25. The normalized spacial score (nSPS) is 11.3. The van der Waals surface area contributed by atoms with E-state index in [2.05, 4.69) is 0 Å². The minimum absolute atomic E-state index is 0.431. The van der Waals surface area contributed by atoms with Crippen LogP contribution in [0.15, 0.2) is 18.2 Å². The molecule has 1 aromatic rings. The lowest BCUT2D eigenvalue weighted by atomic mass is 10.1. The molecule has 0 saturated heterocycles. The number of nitro groups is 1. The Kier molecular flexibility index (Phi) is 3.06. The van der Waals surface area contributed by atoms with Crippen molar-refractivity contribution in [1.82, 2.24) is 0 Å². The molecule has 0 amide bonds. The van der Waals surface area contributed by atoms with Crippen LogP contribution < -0.4 is 4.90 Å². The van der Waals surface area contributed by atoms with Crippen LogP contribution in [0.25, 0.3) is 0 Å². The van der Waals surface area contributed by atoms with Crippen molar-refractivity contribution in [2.24, 2.45) is 0 Å². The zero-order valence-electron chi connectivity index (χ0n) is 8.58. The minimum Gasteiger partial charge on any atom is -0.372 e. The van der Waals surface area contributed by atoms with Gasteiger partial charge in [-0.05, 0) is 6.07 Å². The molecule has 0 radical (unpaired) electrons. The summed E-state index contributed by atoms with van der Waals surface area (Å²) in [4.78, 5) is 10.9. The SMILES string of the molecule is CN(C)c1c([N+](=O)[O-])cccc1C(F)(F)F. The summed E-state index contributed by atoms with van der Waals surface area (Å²) in [6.45, 7) is 0. The third kappa shape index (κ3) is 2.23. The van der Waals surface area contributed by atoms with E-state index in [0.717, 1.165) is 23.1 Å². The monoisotopic (exact) mass is 234 g/mol. The molecule has 16 heavy (non-hydrogen) atoms. The van der Waals surface area contributed by atoms with Crippen LogP contribution in [0.2, 0.25) is 0 Å². The molecular formula is C9H9F3N2O2. The summed E-state index contributed by atoms with van der Waals surface area (Å²) in [5, 5.41) is 10.6. The Labute approximate surface area is 89.4 Å². The molecule has 1 rings (SSSR count). The fourth-order valence-corrected chi connectivity index (χ4v) is 1.38. The maximum Gasteiger partial charge on any atom is 0.418 e. The zero-order chi connectivity index (χ0) is 12.5. The number of hydrogen-bond acceptors (Lipinski definition) is 3. The van der Waals surface area contributed by atoms with Gasteiger partial charge in [-0.15, -0.1) is 0 Å². The molecule has 0 aliphatic rings. The van der Waals surface area contributed by atoms with E-state index < -0.39 is 28.0 Å². The van der Waals surface area contributed by atoms with Crippen molar-refractivity contribution in [2.45, 2.75) is 6.18 Å². The lowest BCUT2D eigenvalue weighted by Crippen LogP contribution is -2.18. The van der Waals surface area contributed by atoms with E-state index in [1.165, 1.54) is 14.1 Å². The fourth-order valence-electron chi connectivity index (χ4n) is 1.38. The summed E-state index contributed by atoms with van der Waals surface area (Å²) in [5.41, 5.74) is -1.99. The highest BCUT2D eigenvalue weighted by molar-refractivity contribution is 5.68. The van der Waals surface area contributed by atoms with Crippen LogP contribution in [0, 0.1) is 10.1 Å². The molecule has 88 valence electrons. The summed E-state index contributed by atoms with van der Waals surface area (Å²) in [6, 6.07) is 2.89. The Morgan fingerprint density at radius 2 is 1.88 bits per heavy atom. The molecule has 0 heterocycles. The number of benzene rings is 1. The van der Waals surface area contributed by atoms with Gasteiger partial charge in [-0.2, -0.15) is 13.2 Å². The molecule has 1 aromatic carbocycles. The highest BCUT2D eigenvalue weighted by atomic mass is 19.4. The lowest BCUT2D eigenvalue weighted by molar-refractivity contribution is -0.384. The van der Waals surface area contributed by atoms with Crippen molar-refractivity contribution in [1.29, 1.82) is 0 Å². The van der Waals surface area contributed by atoms with Crippen molar-refractivity contribution >= 4 is 11.4 Å². The predicted molar refractivity (Wildman–Crippen MR) is 52.4 cm³/mol. The maximum absolute atomic E-state index is 12.6. The minimum atomic E-state index is -4.61. The lowest BCUT2D eigenvalue weighted by Gasteiger charge is -2.18. The smallest absolute Gasteiger partial charge is 0.372 e. The van der Waals surface area contributed by atoms with Gasteiger partial charge in [0.1, 0.15) is 5.69 Å². The van der Waals surface area contributed by atoms with Crippen molar-refractivity contribution in [3.05, 3.63) is 33.9 Å². The summed E-state index contributed by atoms with van der Waals surface area (Å²) in [5.74, 6) is 0. The number of alkyl halides is 3. The van der Waals surface area contributed by atoms with Gasteiger partial charge in [0.15, 0.2) is 0 Å². The average molecular weight is 234 g/mol. The third-order valence-corrected chi connectivity index (χ3v) is 1.96. The average Bonchev–Trinajstić information content (AvgIpc) is 2.14. The maximum atomic E-state index is 12.6. The van der Waals surface area contributed by atoms with Gasteiger partial charge in [-0.3, -0.25) is 10.1 Å². The molecule has 0 N–H and O–H groups in total. The molecule has 0 unspecified atom stereocenters. The van der Waals surface area contributed by atoms with Crippen LogP contribution >= 0.6 is 0 Å². The first kappa shape index (κ1) is 12.3. The second-order valence-corrected chi connectivity index (χ2v) is 3.32. The number of nitrogens with zero attached hydrogens (tertiary/aromatic N) is 2. The molecule has 0 aromatic heterocycles. The van der Waals surface area contributed by atoms with E-state index in [1.54, 1.807) is 0 Å². The van der Waals surface area contributed by atoms with Gasteiger partial charge in [0.05, 0.1) is 10.5 Å². The number of hydrogen-bond donors (Lipinski definition) is 0. The Morgan fingerprint density at radius 1 is 1.31 bits per heavy atom. The van der Waals surface area contributed by atoms with Crippen LogP contribution in [0.5, 0.6) is 0 Å². The Morgan fingerprint density at radius 3 is 2.25 bits per heavy atom. The molecule has 0 saturated carbocycles. The first-order valence-electron chi connectivity index (χ1n) is 4.27. The highest BCUT2D eigenvalue weighted by Gasteiger charge is 2.37. The van der Waals surface area contributed by atoms with Crippen molar-refractivity contribution < 1.29 is 18.1 Å². The summed E-state index contributed by atoms with van der Waals surface area (Å²) >= 11 is 0. The molecule has 0 aliphatic carbocycles. The van der Waals surface area contributed by atoms with E-state index in [4.69, 9.17) is 0 Å². The van der Waals surface area contributed by atoms with E-state index in [-0.39, 0.29) is 0 Å². The van der Waals surface area contributed by atoms with Crippen LogP contribution in [0.4, 0.5) is 24.5 Å². The molecule has 4 nitrogen and oxygen atoms in total. The standard InChI is InChI=1S/C9H9F3N2O2/c1-13(2)8-6(9(10,11)12)4-3-5-7(8)14(15)16/h3-5H,1-2H3. The van der Waals surface area contributed by atoms with E-state index in [1.807, 2.05) is 0 Å². The zero-order valence-corrected chi connectivity index (χ0v) is 8.58. The molecule has 7 heteroatoms. The summed E-state index contributed by atoms with van der Waals surface area (Å²) < 4.78 is 37.8. The van der Waals surface area contributed by atoms with Gasteiger partial charge in [0, 0.05) is 20.2 Å². The van der Waals surface area contributed by atoms with Gasteiger partial charge in [0.2, 0.25) is 0 Å². The number of nitro benzene ring substituents is 1. The van der Waals surface area contributed by atoms with Crippen LogP contribution in [0.3, 0.4) is 0 Å². The molecule has 0 bridgehead atoms. The Bertz CT molecular complexity index is 416. The second kappa shape index (κ2) is 3.99. The van der Waals surface area contributed by atoms with Crippen molar-refractivity contribution in [3.8, 4) is 0 Å². The van der Waals surface area contributed by atoms with Gasteiger partial charge in [-0.25, -0.2) is 0 Å². The van der Waals surface area contributed by atoms with Crippen molar-refractivity contribution in [3.63, 3.8) is 0 Å². The van der Waals surface area contributed by atoms with E-state index in [9.17, 15) is 23.3 Å². The first-order valence-corrected chi connectivity index (χ1v) is 4.27. The highest BCUT2D eigenvalue weighted by Crippen LogP contribution is 2.40. The van der Waals surface area contributed by atoms with Crippen LogP contribution in [-0.4, -0.2) is 19.0 Å². The fraction of sp³-hybridized carbons (Fsp3) is 0.333. The molecule has 0 spiro atoms. The van der Waals surface area contributed by atoms with E-state index in [0.29, 0.717) is 0 Å². The predicted octanol–water partition coefficient (Wildman–Crippen LogP) is 2.68. The van der Waals surface area contributed by atoms with E-state index >= 15 is 0 Å². The number of anilines is 1. The number of halogens is 3. The molecule has 0 fully saturated rings. The van der Waals surface area contributed by atoms with Crippen molar-refractivity contribution in [2.75, 3.05) is 19.0 Å². The summed E-state index contributed by atoms with van der Waals surface area (Å²) in [6.07, 6.45) is -4.61. The Hall–Kier alpha value is -1.79. The third-order valence-electron chi connectivity index (χ3n) is 1.96. The topological polar surface area (TPSA) is 46.4 Å². The number of para-hydroxylation sites is 1. The van der Waals surface area contributed by atoms with Gasteiger partial charge in [-0.1, -0.05) is 6.07 Å². The molecular weight excluding hydrogens is 225 g/mol. The van der Waals surface area contributed by atoms with Crippen LogP contribution in [0.1, 0.15) is 5.56 Å². The van der Waals surface area contributed by atoms with Crippen LogP contribution in [-0.2, 0) is 6.18 Å². The van der Waals surface area contributed by atoms with Gasteiger partial charge >= 0.3 is 6.18 Å². The largest absolute Gasteiger partial charge is 0.418 e. The molecule has 0 atom stereocenters. The van der Waals surface area contributed by atoms with Gasteiger partial charge < -0.3 is 4.90 Å². The molecule has 0 aliphatic heterocycles. The number of rotatable bonds is 2. The quantitative estimate of drug-likeness (QED) is 0.583. The summed E-state index contributed by atoms with van der Waals surface area (Å²) in [7, 11) is 2.66. The second-order valence-electron chi connectivity index (χ2n) is 3.32. The Balaban J connectivity index is 3.51. The van der Waals surface area contributed by atoms with Gasteiger partial charge in [0.25, 0.3) is 5.69 Å².